The molecular formula is C14H24N+. The Balaban J connectivity index is 2.30. The first-order chi connectivity index (χ1) is 7.38. The van der Waals surface area contributed by atoms with Gasteiger partial charge in [-0.05, 0) is 13.3 Å². The molecule has 0 radical (unpaired) electrons. The van der Waals surface area contributed by atoms with E-state index in [1.54, 1.807) is 0 Å². The van der Waals surface area contributed by atoms with Crippen LogP contribution < -0.4 is 4.57 Å². The van der Waals surface area contributed by atoms with E-state index in [4.69, 9.17) is 0 Å². The summed E-state index contributed by atoms with van der Waals surface area (Å²) in [6, 6.07) is 6.51. The number of unbranched alkanes of at least 4 members (excludes halogenated alkanes) is 4. The average molecular weight is 206 g/mol. The minimum atomic E-state index is 1.09. The Morgan fingerprint density at radius 3 is 2.53 bits per heavy atom. The first-order valence-electron chi connectivity index (χ1n) is 6.35. The molecule has 1 rings (SSSR count). The van der Waals surface area contributed by atoms with Gasteiger partial charge in [-0.15, -0.1) is 0 Å². The molecule has 0 atom stereocenters. The normalized spacial score (nSPS) is 10.5. The number of aromatic nitrogens is 1. The number of nitrogens with zero attached hydrogens (tertiary/aromatic N) is 1. The lowest BCUT2D eigenvalue weighted by atomic mass is 10.1. The fourth-order valence-electron chi connectivity index (χ4n) is 1.96. The van der Waals surface area contributed by atoms with Crippen molar-refractivity contribution in [2.24, 2.45) is 0 Å². The smallest absolute Gasteiger partial charge is 0.181 e. The molecule has 1 aromatic rings. The summed E-state index contributed by atoms with van der Waals surface area (Å²) in [4.78, 5) is 0. The van der Waals surface area contributed by atoms with Gasteiger partial charge in [0.25, 0.3) is 0 Å². The Kier molecular flexibility index (Phi) is 6.06. The van der Waals surface area contributed by atoms with Crippen LogP contribution in [0.2, 0.25) is 0 Å². The summed E-state index contributed by atoms with van der Waals surface area (Å²) in [5, 5.41) is 0. The van der Waals surface area contributed by atoms with E-state index in [0.29, 0.717) is 0 Å². The molecule has 0 saturated carbocycles. The zero-order valence-corrected chi connectivity index (χ0v) is 10.2. The number of pyridine rings is 1. The molecule has 15 heavy (non-hydrogen) atoms. The van der Waals surface area contributed by atoms with E-state index in [-0.39, 0.29) is 0 Å². The average Bonchev–Trinajstić information content (AvgIpc) is 2.29. The van der Waals surface area contributed by atoms with Crippen molar-refractivity contribution in [3.8, 4) is 0 Å². The van der Waals surface area contributed by atoms with Gasteiger partial charge in [0, 0.05) is 18.6 Å². The van der Waals surface area contributed by atoms with Gasteiger partial charge >= 0.3 is 0 Å². The third-order valence-electron chi connectivity index (χ3n) is 2.91. The Labute approximate surface area is 94.1 Å². The van der Waals surface area contributed by atoms with Crippen molar-refractivity contribution in [2.45, 2.75) is 58.9 Å². The molecule has 0 saturated heterocycles. The molecule has 0 aliphatic heterocycles. The number of hydrogen-bond acceptors (Lipinski definition) is 0. The van der Waals surface area contributed by atoms with Crippen LogP contribution in [0.1, 0.15) is 51.6 Å². The highest BCUT2D eigenvalue weighted by Gasteiger charge is 2.05. The first kappa shape index (κ1) is 12.2. The van der Waals surface area contributed by atoms with Gasteiger partial charge in [0.1, 0.15) is 6.54 Å². The third kappa shape index (κ3) is 4.46. The van der Waals surface area contributed by atoms with Crippen molar-refractivity contribution < 1.29 is 4.57 Å². The monoisotopic (exact) mass is 206 g/mol. The van der Waals surface area contributed by atoms with E-state index >= 15 is 0 Å². The molecule has 1 nitrogen and oxygen atoms in total. The minimum Gasteiger partial charge on any atom is -0.203 e. The largest absolute Gasteiger partial charge is 0.203 e. The standard InChI is InChI=1S/C14H24N/c1-3-5-6-7-8-11-14-12-9-10-13-15(14)4-2/h9-10,12-13H,3-8,11H2,1-2H3/q+1. The van der Waals surface area contributed by atoms with E-state index in [2.05, 4.69) is 42.8 Å². The number of hydrogen-bond donors (Lipinski definition) is 0. The Bertz CT molecular complexity index is 268. The fraction of sp³-hybridized carbons (Fsp3) is 0.643. The van der Waals surface area contributed by atoms with Crippen molar-refractivity contribution in [1.29, 1.82) is 0 Å². The fourth-order valence-corrected chi connectivity index (χ4v) is 1.96. The first-order valence-corrected chi connectivity index (χ1v) is 6.35. The van der Waals surface area contributed by atoms with Crippen molar-refractivity contribution in [3.63, 3.8) is 0 Å². The van der Waals surface area contributed by atoms with Crippen LogP contribution in [-0.4, -0.2) is 0 Å². The lowest BCUT2D eigenvalue weighted by molar-refractivity contribution is -0.700. The predicted octanol–water partition coefficient (Wildman–Crippen LogP) is 3.51. The van der Waals surface area contributed by atoms with Gasteiger partial charge in [0.2, 0.25) is 0 Å². The SMILES string of the molecule is CCCCCCCc1cccc[n+]1CC. The number of rotatable bonds is 7. The molecule has 0 N–H and O–H groups in total. The van der Waals surface area contributed by atoms with E-state index < -0.39 is 0 Å². The van der Waals surface area contributed by atoms with Crippen LogP contribution in [0.5, 0.6) is 0 Å². The van der Waals surface area contributed by atoms with E-state index in [9.17, 15) is 0 Å². The summed E-state index contributed by atoms with van der Waals surface area (Å²) in [5.74, 6) is 0. The van der Waals surface area contributed by atoms with Gasteiger partial charge < -0.3 is 0 Å². The van der Waals surface area contributed by atoms with Crippen LogP contribution in [0.4, 0.5) is 0 Å². The summed E-state index contributed by atoms with van der Waals surface area (Å²) in [5.41, 5.74) is 1.48. The number of aryl methyl sites for hydroxylation is 2. The molecule has 84 valence electrons. The molecule has 0 aromatic carbocycles. The van der Waals surface area contributed by atoms with Crippen LogP contribution in [0.25, 0.3) is 0 Å². The van der Waals surface area contributed by atoms with Crippen LogP contribution in [0.3, 0.4) is 0 Å². The van der Waals surface area contributed by atoms with Crippen molar-refractivity contribution in [2.75, 3.05) is 0 Å². The molecule has 0 bridgehead atoms. The minimum absolute atomic E-state index is 1.09. The van der Waals surface area contributed by atoms with Crippen LogP contribution >= 0.6 is 0 Å². The summed E-state index contributed by atoms with van der Waals surface area (Å²) >= 11 is 0. The van der Waals surface area contributed by atoms with Gasteiger partial charge in [0.05, 0.1) is 0 Å². The third-order valence-corrected chi connectivity index (χ3v) is 2.91. The molecule has 0 aliphatic carbocycles. The highest BCUT2D eigenvalue weighted by Crippen LogP contribution is 2.06. The molecule has 1 aromatic heterocycles. The zero-order chi connectivity index (χ0) is 10.9. The highest BCUT2D eigenvalue weighted by molar-refractivity contribution is 4.97. The molecule has 0 amide bonds. The molecule has 0 fully saturated rings. The summed E-state index contributed by atoms with van der Waals surface area (Å²) in [6.45, 7) is 5.56. The van der Waals surface area contributed by atoms with Crippen LogP contribution in [0.15, 0.2) is 24.4 Å². The Morgan fingerprint density at radius 1 is 1.00 bits per heavy atom. The second-order valence-corrected chi connectivity index (χ2v) is 4.14. The topological polar surface area (TPSA) is 3.88 Å². The molecule has 0 unspecified atom stereocenters. The lowest BCUT2D eigenvalue weighted by Crippen LogP contribution is -2.36. The van der Waals surface area contributed by atoms with Gasteiger partial charge in [-0.3, -0.25) is 0 Å². The van der Waals surface area contributed by atoms with Crippen molar-refractivity contribution in [1.82, 2.24) is 0 Å². The highest BCUT2D eigenvalue weighted by atomic mass is 14.9. The maximum absolute atomic E-state index is 2.35. The zero-order valence-electron chi connectivity index (χ0n) is 10.2. The van der Waals surface area contributed by atoms with Gasteiger partial charge in [-0.1, -0.05) is 38.7 Å². The van der Waals surface area contributed by atoms with Crippen LogP contribution in [0, 0.1) is 0 Å². The summed E-state index contributed by atoms with van der Waals surface area (Å²) in [6.07, 6.45) is 10.3. The molecule has 1 heteroatoms. The van der Waals surface area contributed by atoms with Gasteiger partial charge in [-0.25, -0.2) is 4.57 Å². The van der Waals surface area contributed by atoms with E-state index in [1.807, 2.05) is 0 Å². The lowest BCUT2D eigenvalue weighted by Gasteiger charge is -2.01. The molecule has 0 aliphatic rings. The van der Waals surface area contributed by atoms with E-state index in [0.717, 1.165) is 6.54 Å². The van der Waals surface area contributed by atoms with Gasteiger partial charge in [0.15, 0.2) is 11.9 Å². The van der Waals surface area contributed by atoms with Crippen molar-refractivity contribution in [3.05, 3.63) is 30.1 Å². The van der Waals surface area contributed by atoms with E-state index in [1.165, 1.54) is 44.2 Å². The second kappa shape index (κ2) is 7.44. The quantitative estimate of drug-likeness (QED) is 0.475. The Morgan fingerprint density at radius 2 is 1.80 bits per heavy atom. The predicted molar refractivity (Wildman–Crippen MR) is 64.8 cm³/mol. The summed E-state index contributed by atoms with van der Waals surface area (Å²) in [7, 11) is 0. The maximum atomic E-state index is 2.35. The maximum Gasteiger partial charge on any atom is 0.181 e. The Hall–Kier alpha value is -0.850. The van der Waals surface area contributed by atoms with Crippen LogP contribution in [-0.2, 0) is 13.0 Å². The van der Waals surface area contributed by atoms with Crippen molar-refractivity contribution >= 4 is 0 Å². The summed E-state index contributed by atoms with van der Waals surface area (Å²) < 4.78 is 2.35. The molecular weight excluding hydrogens is 182 g/mol. The second-order valence-electron chi connectivity index (χ2n) is 4.14. The molecule has 0 spiro atoms. The molecule has 1 heterocycles. The van der Waals surface area contributed by atoms with Gasteiger partial charge in [-0.2, -0.15) is 0 Å².